The molecular formula is C21H22FN3O3. The van der Waals surface area contributed by atoms with Crippen LogP contribution in [0.4, 0.5) is 10.2 Å². The summed E-state index contributed by atoms with van der Waals surface area (Å²) in [6.07, 6.45) is 1.70. The van der Waals surface area contributed by atoms with Crippen LogP contribution >= 0.6 is 0 Å². The lowest BCUT2D eigenvalue weighted by Gasteiger charge is -2.45. The lowest BCUT2D eigenvalue weighted by Crippen LogP contribution is -2.65. The Morgan fingerprint density at radius 1 is 1.18 bits per heavy atom. The van der Waals surface area contributed by atoms with Gasteiger partial charge in [0.05, 0.1) is 13.2 Å². The smallest absolute Gasteiger partial charge is 0.251 e. The Morgan fingerprint density at radius 2 is 1.89 bits per heavy atom. The van der Waals surface area contributed by atoms with Gasteiger partial charge in [-0.25, -0.2) is 9.37 Å². The van der Waals surface area contributed by atoms with Crippen molar-refractivity contribution in [1.82, 2.24) is 9.88 Å². The second-order valence-corrected chi connectivity index (χ2v) is 7.47. The van der Waals surface area contributed by atoms with Crippen molar-refractivity contribution in [3.8, 4) is 0 Å². The van der Waals surface area contributed by atoms with Gasteiger partial charge in [0, 0.05) is 18.7 Å². The summed E-state index contributed by atoms with van der Waals surface area (Å²) >= 11 is 0. The Kier molecular flexibility index (Phi) is 4.85. The fraction of sp³-hybridized carbons (Fsp3) is 0.381. The number of ether oxygens (including phenoxy) is 1. The van der Waals surface area contributed by atoms with E-state index < -0.39 is 6.04 Å². The van der Waals surface area contributed by atoms with Crippen molar-refractivity contribution in [2.24, 2.45) is 5.92 Å². The van der Waals surface area contributed by atoms with Gasteiger partial charge in [-0.2, -0.15) is 0 Å². The summed E-state index contributed by atoms with van der Waals surface area (Å²) in [5, 5.41) is 0. The van der Waals surface area contributed by atoms with Crippen LogP contribution in [0.25, 0.3) is 0 Å². The zero-order valence-electron chi connectivity index (χ0n) is 15.9. The van der Waals surface area contributed by atoms with Crippen LogP contribution in [0.15, 0.2) is 36.5 Å². The maximum atomic E-state index is 13.4. The van der Waals surface area contributed by atoms with Crippen LogP contribution in [0.1, 0.15) is 16.7 Å². The molecule has 2 aromatic rings. The number of amides is 2. The van der Waals surface area contributed by atoms with Crippen LogP contribution in [0.3, 0.4) is 0 Å². The van der Waals surface area contributed by atoms with Gasteiger partial charge < -0.3 is 9.64 Å². The fourth-order valence-corrected chi connectivity index (χ4v) is 3.79. The number of anilines is 1. The lowest BCUT2D eigenvalue weighted by atomic mass is 9.92. The number of aromatic nitrogens is 1. The summed E-state index contributed by atoms with van der Waals surface area (Å²) in [6, 6.07) is 7.34. The summed E-state index contributed by atoms with van der Waals surface area (Å²) in [5.74, 6) is -0.154. The van der Waals surface area contributed by atoms with Crippen LogP contribution < -0.4 is 4.90 Å². The zero-order chi connectivity index (χ0) is 19.8. The standard InChI is InChI=1S/C21H22FN3O3/c1-13-7-14(2)20(23-8-13)25-10-18(26)24(9-15-3-5-17(22)6-4-15)19(21(25)27)16-11-28-12-16/h3-8,16,19H,9-12H2,1-2H3. The number of benzene rings is 1. The van der Waals surface area contributed by atoms with Gasteiger partial charge in [0.25, 0.3) is 5.91 Å². The minimum Gasteiger partial charge on any atom is -0.380 e. The number of piperazine rings is 1. The number of hydrogen-bond donors (Lipinski definition) is 0. The fourth-order valence-electron chi connectivity index (χ4n) is 3.79. The lowest BCUT2D eigenvalue weighted by molar-refractivity contribution is -0.155. The van der Waals surface area contributed by atoms with Crippen LogP contribution in [-0.4, -0.2) is 47.5 Å². The molecule has 7 heteroatoms. The number of carbonyl (C=O) groups excluding carboxylic acids is 2. The van der Waals surface area contributed by atoms with E-state index >= 15 is 0 Å². The molecule has 3 heterocycles. The molecule has 2 saturated heterocycles. The molecule has 0 aliphatic carbocycles. The maximum Gasteiger partial charge on any atom is 0.251 e. The number of halogens is 1. The molecule has 0 N–H and O–H groups in total. The summed E-state index contributed by atoms with van der Waals surface area (Å²) in [4.78, 5) is 33.9. The third kappa shape index (κ3) is 3.38. The van der Waals surface area contributed by atoms with Crippen molar-refractivity contribution in [1.29, 1.82) is 0 Å². The monoisotopic (exact) mass is 383 g/mol. The molecule has 0 radical (unpaired) electrons. The summed E-state index contributed by atoms with van der Waals surface area (Å²) in [7, 11) is 0. The van der Waals surface area contributed by atoms with Crippen molar-refractivity contribution < 1.29 is 18.7 Å². The second kappa shape index (κ2) is 7.31. The molecule has 2 aliphatic rings. The van der Waals surface area contributed by atoms with E-state index in [9.17, 15) is 14.0 Å². The number of rotatable bonds is 4. The number of carbonyl (C=O) groups is 2. The predicted molar refractivity (Wildman–Crippen MR) is 101 cm³/mol. The molecule has 2 fully saturated rings. The van der Waals surface area contributed by atoms with E-state index in [0.29, 0.717) is 19.0 Å². The van der Waals surface area contributed by atoms with E-state index in [4.69, 9.17) is 4.74 Å². The molecule has 4 rings (SSSR count). The molecule has 1 unspecified atom stereocenters. The van der Waals surface area contributed by atoms with Crippen LogP contribution in [0.5, 0.6) is 0 Å². The van der Waals surface area contributed by atoms with E-state index in [1.807, 2.05) is 19.9 Å². The average Bonchev–Trinajstić information content (AvgIpc) is 2.61. The topological polar surface area (TPSA) is 62.7 Å². The third-order valence-electron chi connectivity index (χ3n) is 5.29. The highest BCUT2D eigenvalue weighted by Crippen LogP contribution is 2.30. The SMILES string of the molecule is Cc1cnc(N2CC(=O)N(Cc3ccc(F)cc3)C(C3COC3)C2=O)c(C)c1. The van der Waals surface area contributed by atoms with Gasteiger partial charge in [0.15, 0.2) is 0 Å². The summed E-state index contributed by atoms with van der Waals surface area (Å²) < 4.78 is 18.5. The maximum absolute atomic E-state index is 13.4. The van der Waals surface area contributed by atoms with E-state index in [-0.39, 0.29) is 36.6 Å². The minimum atomic E-state index is -0.609. The van der Waals surface area contributed by atoms with Crippen LogP contribution in [-0.2, 0) is 20.9 Å². The van der Waals surface area contributed by atoms with Crippen LogP contribution in [0.2, 0.25) is 0 Å². The molecule has 146 valence electrons. The third-order valence-corrected chi connectivity index (χ3v) is 5.29. The average molecular weight is 383 g/mol. The van der Waals surface area contributed by atoms with Crippen molar-refractivity contribution >= 4 is 17.6 Å². The quantitative estimate of drug-likeness (QED) is 0.812. The molecule has 1 atom stereocenters. The first kappa shape index (κ1) is 18.6. The normalized spacial score (nSPS) is 20.5. The van der Waals surface area contributed by atoms with E-state index in [2.05, 4.69) is 4.98 Å². The molecule has 28 heavy (non-hydrogen) atoms. The number of pyridine rings is 1. The first-order valence-electron chi connectivity index (χ1n) is 9.30. The molecule has 1 aromatic carbocycles. The van der Waals surface area contributed by atoms with Crippen molar-refractivity contribution in [2.45, 2.75) is 26.4 Å². The summed E-state index contributed by atoms with van der Waals surface area (Å²) in [5.41, 5.74) is 2.64. The first-order chi connectivity index (χ1) is 13.4. The Bertz CT molecular complexity index is 912. The molecule has 2 amide bonds. The van der Waals surface area contributed by atoms with E-state index in [1.54, 1.807) is 23.2 Å². The van der Waals surface area contributed by atoms with Gasteiger partial charge in [0.2, 0.25) is 5.91 Å². The van der Waals surface area contributed by atoms with Gasteiger partial charge in [0.1, 0.15) is 24.2 Å². The summed E-state index contributed by atoms with van der Waals surface area (Å²) in [6.45, 7) is 4.92. The Balaban J connectivity index is 1.65. The molecular weight excluding hydrogens is 361 g/mol. The highest BCUT2D eigenvalue weighted by molar-refractivity contribution is 6.06. The first-order valence-corrected chi connectivity index (χ1v) is 9.30. The van der Waals surface area contributed by atoms with Gasteiger partial charge >= 0.3 is 0 Å². The molecule has 6 nitrogen and oxygen atoms in total. The highest BCUT2D eigenvalue weighted by atomic mass is 19.1. The van der Waals surface area contributed by atoms with Gasteiger partial charge in [-0.1, -0.05) is 18.2 Å². The molecule has 2 aliphatic heterocycles. The minimum absolute atomic E-state index is 0.0505. The van der Waals surface area contributed by atoms with Gasteiger partial charge in [-0.05, 0) is 42.7 Å². The zero-order valence-corrected chi connectivity index (χ0v) is 15.9. The van der Waals surface area contributed by atoms with Crippen molar-refractivity contribution in [3.63, 3.8) is 0 Å². The second-order valence-electron chi connectivity index (χ2n) is 7.47. The molecule has 0 bridgehead atoms. The molecule has 0 spiro atoms. The van der Waals surface area contributed by atoms with Crippen molar-refractivity contribution in [3.05, 3.63) is 59.0 Å². The number of aryl methyl sites for hydroxylation is 2. The van der Waals surface area contributed by atoms with Gasteiger partial charge in [-0.15, -0.1) is 0 Å². The Morgan fingerprint density at radius 3 is 2.50 bits per heavy atom. The largest absolute Gasteiger partial charge is 0.380 e. The number of hydrogen-bond acceptors (Lipinski definition) is 4. The van der Waals surface area contributed by atoms with E-state index in [1.165, 1.54) is 17.0 Å². The molecule has 0 saturated carbocycles. The Labute approximate surface area is 162 Å². The van der Waals surface area contributed by atoms with Crippen molar-refractivity contribution in [2.75, 3.05) is 24.7 Å². The highest BCUT2D eigenvalue weighted by Gasteiger charge is 2.47. The van der Waals surface area contributed by atoms with E-state index in [0.717, 1.165) is 16.7 Å². The van der Waals surface area contributed by atoms with Crippen LogP contribution in [0, 0.1) is 25.6 Å². The molecule has 1 aromatic heterocycles. The predicted octanol–water partition coefficient (Wildman–Crippen LogP) is 2.23. The Hall–Kier alpha value is -2.80. The number of nitrogens with zero attached hydrogens (tertiary/aromatic N) is 3. The van der Waals surface area contributed by atoms with Gasteiger partial charge in [-0.3, -0.25) is 14.5 Å².